The fraction of sp³-hybridized carbons (Fsp3) is 0.600. The van der Waals surface area contributed by atoms with Gasteiger partial charge in [0.2, 0.25) is 0 Å². The summed E-state index contributed by atoms with van der Waals surface area (Å²) < 4.78 is 0. The summed E-state index contributed by atoms with van der Waals surface area (Å²) in [5, 5.41) is 4.83. The van der Waals surface area contributed by atoms with Crippen molar-refractivity contribution in [3.05, 3.63) is 74.1 Å². The monoisotopic (exact) mass is 579 g/mol. The second kappa shape index (κ2) is 18.6. The summed E-state index contributed by atoms with van der Waals surface area (Å²) in [6, 6.07) is 9.52. The van der Waals surface area contributed by atoms with Crippen LogP contribution in [0.5, 0.6) is 0 Å². The van der Waals surface area contributed by atoms with Crippen molar-refractivity contribution >= 4 is 20.3 Å². The number of halogens is 2. The Bertz CT molecular complexity index is 782. The van der Waals surface area contributed by atoms with Gasteiger partial charge >= 0.3 is 33.2 Å². The number of nitrogens with two attached hydrogens (primary N) is 2. The summed E-state index contributed by atoms with van der Waals surface area (Å²) in [4.78, 5) is 0. The van der Waals surface area contributed by atoms with Crippen LogP contribution in [0.15, 0.2) is 24.3 Å². The van der Waals surface area contributed by atoms with Crippen molar-refractivity contribution in [2.75, 3.05) is 13.1 Å². The molecule has 2 unspecified atom stereocenters. The molecule has 4 N–H and O–H groups in total. The van der Waals surface area contributed by atoms with Crippen LogP contribution in [0.1, 0.15) is 111 Å². The van der Waals surface area contributed by atoms with Crippen molar-refractivity contribution in [3.8, 4) is 0 Å². The zero-order valence-electron chi connectivity index (χ0n) is 23.2. The van der Waals surface area contributed by atoms with Gasteiger partial charge in [-0.2, -0.15) is 0 Å². The summed E-state index contributed by atoms with van der Waals surface area (Å²) in [5.41, 5.74) is 24.6. The molecule has 2 rings (SSSR count). The van der Waals surface area contributed by atoms with E-state index in [1.54, 1.807) is 0 Å². The minimum atomic E-state index is 0.0539. The third-order valence-corrected chi connectivity index (χ3v) is 7.10. The SMILES string of the molecule is CCc1cc(CC)c(C(N)CC[N-]CCC(N)c2c(CC)cc(CC)cc2CC)c(CC)c1.[Cl][Co+][Cl]. The van der Waals surface area contributed by atoms with Crippen molar-refractivity contribution in [1.29, 1.82) is 0 Å². The van der Waals surface area contributed by atoms with Crippen LogP contribution in [0.2, 0.25) is 0 Å². The van der Waals surface area contributed by atoms with Crippen LogP contribution in [0.4, 0.5) is 0 Å². The van der Waals surface area contributed by atoms with Gasteiger partial charge in [0.1, 0.15) is 0 Å². The number of rotatable bonds is 14. The fourth-order valence-electron chi connectivity index (χ4n) is 5.09. The average Bonchev–Trinajstić information content (AvgIpc) is 2.90. The van der Waals surface area contributed by atoms with E-state index in [1.807, 2.05) is 0 Å². The predicted octanol–water partition coefficient (Wildman–Crippen LogP) is 8.29. The Hall–Kier alpha value is -0.594. The van der Waals surface area contributed by atoms with E-state index in [2.05, 4.69) is 65.8 Å². The summed E-state index contributed by atoms with van der Waals surface area (Å²) in [6.07, 6.45) is 8.08. The zero-order valence-corrected chi connectivity index (χ0v) is 25.8. The van der Waals surface area contributed by atoms with Gasteiger partial charge in [0.05, 0.1) is 0 Å². The number of hydrogen-bond donors (Lipinski definition) is 2. The van der Waals surface area contributed by atoms with Crippen molar-refractivity contribution in [3.63, 3.8) is 0 Å². The van der Waals surface area contributed by atoms with Crippen molar-refractivity contribution in [2.45, 2.75) is 105 Å². The predicted molar refractivity (Wildman–Crippen MR) is 157 cm³/mol. The van der Waals surface area contributed by atoms with Crippen LogP contribution >= 0.6 is 20.3 Å². The zero-order chi connectivity index (χ0) is 27.1. The molecule has 3 nitrogen and oxygen atoms in total. The number of hydrogen-bond acceptors (Lipinski definition) is 2. The molecule has 0 bridgehead atoms. The van der Waals surface area contributed by atoms with E-state index in [0.717, 1.165) is 64.5 Å². The molecule has 0 spiro atoms. The van der Waals surface area contributed by atoms with Gasteiger partial charge in [0, 0.05) is 12.1 Å². The van der Waals surface area contributed by atoms with Gasteiger partial charge in [0.15, 0.2) is 0 Å². The van der Waals surface area contributed by atoms with Gasteiger partial charge in [-0.05, 0) is 83.0 Å². The maximum absolute atomic E-state index is 6.69. The van der Waals surface area contributed by atoms with Gasteiger partial charge in [-0.25, -0.2) is 0 Å². The van der Waals surface area contributed by atoms with E-state index in [4.69, 9.17) is 37.1 Å². The first-order valence-electron chi connectivity index (χ1n) is 13.6. The van der Waals surface area contributed by atoms with Gasteiger partial charge in [0.25, 0.3) is 0 Å². The second-order valence-corrected chi connectivity index (χ2v) is 11.0. The van der Waals surface area contributed by atoms with Crippen molar-refractivity contribution < 1.29 is 12.9 Å². The number of benzene rings is 2. The average molecular weight is 581 g/mol. The molecular weight excluding hydrogens is 532 g/mol. The molecule has 0 saturated carbocycles. The van der Waals surface area contributed by atoms with E-state index < -0.39 is 0 Å². The molecule has 0 heterocycles. The van der Waals surface area contributed by atoms with Gasteiger partial charge in [-0.1, -0.05) is 78.6 Å². The third-order valence-electron chi connectivity index (χ3n) is 7.10. The van der Waals surface area contributed by atoms with Crippen LogP contribution in [0, 0.1) is 0 Å². The summed E-state index contributed by atoms with van der Waals surface area (Å²) in [7, 11) is 9.47. The number of nitrogens with zero attached hydrogens (tertiary/aromatic N) is 1. The molecule has 206 valence electrons. The quantitative estimate of drug-likeness (QED) is 0.221. The molecule has 6 heteroatoms. The van der Waals surface area contributed by atoms with Crippen LogP contribution in [-0.2, 0) is 51.4 Å². The molecule has 0 aliphatic carbocycles. The summed E-state index contributed by atoms with van der Waals surface area (Å²) >= 11 is 0.382. The fourth-order valence-corrected chi connectivity index (χ4v) is 5.09. The standard InChI is InChI=1S/C30H48N3.2ClH.Co/c1-7-21-17-23(9-3)29(24(10-4)18-21)27(31)13-15-33-16-14-28(32)30-25(11-5)19-22(8-2)20-26(30)12-6;;;/h17-20,27-28H,7-16,31-32H2,1-6H3;2*1H;/q-1;;;+3/p-2. The Morgan fingerprint density at radius 1 is 0.611 bits per heavy atom. The Kier molecular flexibility index (Phi) is 17.3. The van der Waals surface area contributed by atoms with Crippen molar-refractivity contribution in [2.24, 2.45) is 11.5 Å². The van der Waals surface area contributed by atoms with Gasteiger partial charge in [-0.3, -0.25) is 0 Å². The van der Waals surface area contributed by atoms with Crippen LogP contribution < -0.4 is 11.5 Å². The van der Waals surface area contributed by atoms with E-state index in [9.17, 15) is 0 Å². The Labute approximate surface area is 236 Å². The maximum atomic E-state index is 6.69. The first kappa shape index (κ1) is 33.4. The van der Waals surface area contributed by atoms with Gasteiger partial charge in [-0.15, -0.1) is 13.1 Å². The summed E-state index contributed by atoms with van der Waals surface area (Å²) in [5.74, 6) is 0. The second-order valence-electron chi connectivity index (χ2n) is 9.29. The minimum absolute atomic E-state index is 0.0539. The Morgan fingerprint density at radius 2 is 0.889 bits per heavy atom. The molecule has 2 aromatic rings. The van der Waals surface area contributed by atoms with Crippen molar-refractivity contribution in [1.82, 2.24) is 0 Å². The van der Waals surface area contributed by atoms with Crippen LogP contribution in [0.25, 0.3) is 5.32 Å². The topological polar surface area (TPSA) is 66.1 Å². The molecule has 0 aliphatic rings. The number of aryl methyl sites for hydroxylation is 6. The van der Waals surface area contributed by atoms with Crippen LogP contribution in [-0.4, -0.2) is 13.1 Å². The first-order chi connectivity index (χ1) is 17.3. The molecule has 0 saturated heterocycles. The molecule has 2 aromatic carbocycles. The van der Waals surface area contributed by atoms with E-state index in [1.165, 1.54) is 44.5 Å². The normalized spacial score (nSPS) is 12.8. The molecule has 0 aliphatic heterocycles. The molecule has 0 fully saturated rings. The van der Waals surface area contributed by atoms with E-state index in [-0.39, 0.29) is 12.1 Å². The van der Waals surface area contributed by atoms with E-state index >= 15 is 0 Å². The third kappa shape index (κ3) is 9.94. The molecule has 36 heavy (non-hydrogen) atoms. The first-order valence-corrected chi connectivity index (χ1v) is 16.5. The van der Waals surface area contributed by atoms with Crippen LogP contribution in [0.3, 0.4) is 0 Å². The molecule has 0 radical (unpaired) electrons. The Balaban J connectivity index is 0.00000205. The molecule has 0 aromatic heterocycles. The molecular formula is C30H48Cl2CoN3. The van der Waals surface area contributed by atoms with Gasteiger partial charge < -0.3 is 16.8 Å². The van der Waals surface area contributed by atoms with E-state index in [0.29, 0.717) is 12.9 Å². The molecule has 2 atom stereocenters. The Morgan fingerprint density at radius 3 is 1.11 bits per heavy atom. The molecule has 0 amide bonds. The summed E-state index contributed by atoms with van der Waals surface area (Å²) in [6.45, 7) is 15.0.